The van der Waals surface area contributed by atoms with E-state index in [0.29, 0.717) is 31.8 Å². The summed E-state index contributed by atoms with van der Waals surface area (Å²) < 4.78 is 21.4. The molecule has 5 nitrogen and oxygen atoms in total. The molecular formula is C11H22O5Si. The molecule has 0 fully saturated rings. The molecule has 0 saturated carbocycles. The van der Waals surface area contributed by atoms with E-state index in [-0.39, 0.29) is 0 Å². The molecule has 0 unspecified atom stereocenters. The Labute approximate surface area is 104 Å². The van der Waals surface area contributed by atoms with Crippen molar-refractivity contribution in [2.75, 3.05) is 19.8 Å². The third kappa shape index (κ3) is 5.45. The number of carbonyl (C=O) groups excluding carboxylic acids is 1. The summed E-state index contributed by atoms with van der Waals surface area (Å²) in [6.45, 7) is 11.9. The van der Waals surface area contributed by atoms with Crippen molar-refractivity contribution in [1.29, 1.82) is 0 Å². The van der Waals surface area contributed by atoms with Crippen LogP contribution in [0.5, 0.6) is 0 Å². The summed E-state index contributed by atoms with van der Waals surface area (Å²) in [7, 11) is -3.35. The lowest BCUT2D eigenvalue weighted by molar-refractivity contribution is -0.140. The summed E-state index contributed by atoms with van der Waals surface area (Å²) in [4.78, 5) is 11.7. The molecule has 0 heterocycles. The van der Waals surface area contributed by atoms with E-state index in [1.54, 1.807) is 20.8 Å². The third-order valence-corrected chi connectivity index (χ3v) is 4.26. The van der Waals surface area contributed by atoms with Crippen LogP contribution in [0, 0.1) is 0 Å². The fourth-order valence-electron chi connectivity index (χ4n) is 1.07. The zero-order valence-corrected chi connectivity index (χ0v) is 12.1. The van der Waals surface area contributed by atoms with Crippen LogP contribution in [0.1, 0.15) is 34.1 Å². The molecule has 0 aromatic heterocycles. The molecule has 0 saturated heterocycles. The Morgan fingerprint density at radius 1 is 1.00 bits per heavy atom. The predicted octanol–water partition coefficient (Wildman–Crippen LogP) is 2.04. The van der Waals surface area contributed by atoms with Crippen LogP contribution in [0.3, 0.4) is 0 Å². The van der Waals surface area contributed by atoms with Gasteiger partial charge in [0.05, 0.1) is 0 Å². The summed E-state index contributed by atoms with van der Waals surface area (Å²) in [5.41, 5.74) is 0.376. The first-order valence-electron chi connectivity index (χ1n) is 5.88. The highest BCUT2D eigenvalue weighted by molar-refractivity contribution is 6.55. The summed E-state index contributed by atoms with van der Waals surface area (Å²) >= 11 is 0. The SMILES string of the molecule is C=C(CC)C(=O)O[Si](OCC)(OCC)OCC. The van der Waals surface area contributed by atoms with Crippen molar-refractivity contribution >= 4 is 15.0 Å². The number of carbonyl (C=O) groups is 1. The minimum atomic E-state index is -3.35. The molecule has 0 aromatic rings. The molecule has 0 rings (SSSR count). The average molecular weight is 262 g/mol. The van der Waals surface area contributed by atoms with E-state index in [9.17, 15) is 4.79 Å². The van der Waals surface area contributed by atoms with E-state index in [2.05, 4.69) is 6.58 Å². The molecule has 0 aliphatic rings. The van der Waals surface area contributed by atoms with Gasteiger partial charge in [0.15, 0.2) is 0 Å². The molecule has 0 atom stereocenters. The first kappa shape index (κ1) is 16.3. The second-order valence-electron chi connectivity index (χ2n) is 3.15. The second kappa shape index (κ2) is 8.41. The van der Waals surface area contributed by atoms with Gasteiger partial charge in [-0.1, -0.05) is 13.5 Å². The van der Waals surface area contributed by atoms with Gasteiger partial charge in [0, 0.05) is 25.4 Å². The van der Waals surface area contributed by atoms with Crippen LogP contribution in [-0.4, -0.2) is 34.8 Å². The van der Waals surface area contributed by atoms with E-state index < -0.39 is 15.0 Å². The standard InChI is InChI=1S/C11H22O5Si/c1-6-10(5)11(12)16-17(13-7-2,14-8-3)15-9-4/h5-9H2,1-4H3. The first-order chi connectivity index (χ1) is 8.05. The smallest absolute Gasteiger partial charge is 0.448 e. The zero-order chi connectivity index (χ0) is 13.3. The fraction of sp³-hybridized carbons (Fsp3) is 0.727. The summed E-state index contributed by atoms with van der Waals surface area (Å²) in [6, 6.07) is 0. The van der Waals surface area contributed by atoms with Crippen LogP contribution in [0.15, 0.2) is 12.2 Å². The van der Waals surface area contributed by atoms with Crippen LogP contribution in [-0.2, 0) is 22.5 Å². The molecule has 0 aromatic carbocycles. The van der Waals surface area contributed by atoms with Crippen molar-refractivity contribution in [3.05, 3.63) is 12.2 Å². The van der Waals surface area contributed by atoms with Gasteiger partial charge in [-0.05, 0) is 27.2 Å². The van der Waals surface area contributed by atoms with Gasteiger partial charge in [0.2, 0.25) is 0 Å². The fourth-order valence-corrected chi connectivity index (χ4v) is 2.93. The van der Waals surface area contributed by atoms with Crippen LogP contribution in [0.4, 0.5) is 0 Å². The lowest BCUT2D eigenvalue weighted by Gasteiger charge is -2.26. The second-order valence-corrected chi connectivity index (χ2v) is 5.22. The van der Waals surface area contributed by atoms with Gasteiger partial charge in [-0.25, -0.2) is 4.79 Å². The van der Waals surface area contributed by atoms with E-state index >= 15 is 0 Å². The first-order valence-corrected chi connectivity index (χ1v) is 7.51. The van der Waals surface area contributed by atoms with Crippen molar-refractivity contribution in [2.45, 2.75) is 34.1 Å². The van der Waals surface area contributed by atoms with E-state index in [1.807, 2.05) is 6.92 Å². The highest BCUT2D eigenvalue weighted by Crippen LogP contribution is 2.15. The maximum Gasteiger partial charge on any atom is 0.751 e. The minimum absolute atomic E-state index is 0.359. The Morgan fingerprint density at radius 2 is 1.41 bits per heavy atom. The Kier molecular flexibility index (Phi) is 8.06. The Balaban J connectivity index is 4.75. The molecule has 0 spiro atoms. The summed E-state index contributed by atoms with van der Waals surface area (Å²) in [6.07, 6.45) is 0.522. The van der Waals surface area contributed by atoms with Crippen molar-refractivity contribution in [3.8, 4) is 0 Å². The van der Waals surface area contributed by atoms with E-state index in [0.717, 1.165) is 0 Å². The van der Waals surface area contributed by atoms with Gasteiger partial charge in [-0.2, -0.15) is 0 Å². The molecule has 100 valence electrons. The number of hydrogen-bond donors (Lipinski definition) is 0. The van der Waals surface area contributed by atoms with Crippen LogP contribution in [0.25, 0.3) is 0 Å². The maximum absolute atomic E-state index is 11.7. The summed E-state index contributed by atoms with van der Waals surface area (Å²) in [5, 5.41) is 0. The maximum atomic E-state index is 11.7. The molecule has 0 radical (unpaired) electrons. The molecule has 0 N–H and O–H groups in total. The van der Waals surface area contributed by atoms with Crippen LogP contribution >= 0.6 is 0 Å². The molecule has 17 heavy (non-hydrogen) atoms. The van der Waals surface area contributed by atoms with Crippen LogP contribution < -0.4 is 0 Å². The van der Waals surface area contributed by atoms with E-state index in [4.69, 9.17) is 17.7 Å². The van der Waals surface area contributed by atoms with Crippen molar-refractivity contribution < 1.29 is 22.5 Å². The van der Waals surface area contributed by atoms with Gasteiger partial charge in [-0.15, -0.1) is 0 Å². The van der Waals surface area contributed by atoms with E-state index in [1.165, 1.54) is 0 Å². The number of hydrogen-bond acceptors (Lipinski definition) is 5. The Morgan fingerprint density at radius 3 is 1.71 bits per heavy atom. The largest absolute Gasteiger partial charge is 0.751 e. The molecule has 6 heteroatoms. The van der Waals surface area contributed by atoms with Crippen molar-refractivity contribution in [3.63, 3.8) is 0 Å². The van der Waals surface area contributed by atoms with Gasteiger partial charge in [-0.3, -0.25) is 0 Å². The van der Waals surface area contributed by atoms with Crippen molar-refractivity contribution in [2.24, 2.45) is 0 Å². The van der Waals surface area contributed by atoms with Gasteiger partial charge in [0.1, 0.15) is 0 Å². The topological polar surface area (TPSA) is 54.0 Å². The van der Waals surface area contributed by atoms with Gasteiger partial charge < -0.3 is 17.7 Å². The molecule has 0 aliphatic carbocycles. The van der Waals surface area contributed by atoms with Gasteiger partial charge in [0.25, 0.3) is 0 Å². The van der Waals surface area contributed by atoms with Gasteiger partial charge >= 0.3 is 15.0 Å². The normalized spacial score (nSPS) is 11.3. The minimum Gasteiger partial charge on any atom is -0.448 e. The number of rotatable bonds is 9. The van der Waals surface area contributed by atoms with Crippen LogP contribution in [0.2, 0.25) is 0 Å². The highest BCUT2D eigenvalue weighted by Gasteiger charge is 2.49. The zero-order valence-electron chi connectivity index (χ0n) is 11.1. The predicted molar refractivity (Wildman–Crippen MR) is 66.2 cm³/mol. The monoisotopic (exact) mass is 262 g/mol. The Bertz CT molecular complexity index is 237. The Hall–Kier alpha value is -0.693. The molecule has 0 bridgehead atoms. The lowest BCUT2D eigenvalue weighted by atomic mass is 10.2. The summed E-state index contributed by atoms with van der Waals surface area (Å²) in [5.74, 6) is -0.519. The molecular weight excluding hydrogens is 240 g/mol. The average Bonchev–Trinajstić information content (AvgIpc) is 2.28. The molecule has 0 aliphatic heterocycles. The molecule has 0 amide bonds. The quantitative estimate of drug-likeness (QED) is 0.470. The lowest BCUT2D eigenvalue weighted by Crippen LogP contribution is -2.50. The van der Waals surface area contributed by atoms with Crippen molar-refractivity contribution in [1.82, 2.24) is 0 Å². The third-order valence-electron chi connectivity index (χ3n) is 1.90. The highest BCUT2D eigenvalue weighted by atomic mass is 28.4.